The van der Waals surface area contributed by atoms with Gasteiger partial charge in [0.2, 0.25) is 5.91 Å². The van der Waals surface area contributed by atoms with E-state index in [4.69, 9.17) is 5.53 Å². The van der Waals surface area contributed by atoms with E-state index < -0.39 is 46.8 Å². The number of carbonyl (C=O) groups is 1. The van der Waals surface area contributed by atoms with E-state index in [1.807, 2.05) is 0 Å². The summed E-state index contributed by atoms with van der Waals surface area (Å²) < 4.78 is 41.4. The summed E-state index contributed by atoms with van der Waals surface area (Å²) in [5.41, 5.74) is 6.84. The number of azide groups is 1. The van der Waals surface area contributed by atoms with Crippen molar-refractivity contribution < 1.29 is 23.1 Å². The van der Waals surface area contributed by atoms with E-state index in [0.29, 0.717) is 6.07 Å². The number of benzene rings is 1. The van der Waals surface area contributed by atoms with Crippen molar-refractivity contribution in [2.24, 2.45) is 5.11 Å². The Balaban J connectivity index is 2.48. The molecule has 1 aliphatic heterocycles. The SMILES string of the molecule is CC(O)N1CC(c2c(F)cc(F)c(N=[N+]=[N-])c2F)CC1=O. The van der Waals surface area contributed by atoms with Gasteiger partial charge in [-0.05, 0) is 12.5 Å². The van der Waals surface area contributed by atoms with Gasteiger partial charge in [-0.15, -0.1) is 0 Å². The van der Waals surface area contributed by atoms with Gasteiger partial charge in [-0.3, -0.25) is 4.79 Å². The molecule has 1 amide bonds. The third-order valence-electron chi connectivity index (χ3n) is 3.34. The van der Waals surface area contributed by atoms with Gasteiger partial charge in [0.25, 0.3) is 0 Å². The Morgan fingerprint density at radius 1 is 1.48 bits per heavy atom. The molecule has 2 unspecified atom stereocenters. The molecule has 1 N–H and O–H groups in total. The zero-order chi connectivity index (χ0) is 15.7. The van der Waals surface area contributed by atoms with Crippen molar-refractivity contribution in [3.8, 4) is 0 Å². The Morgan fingerprint density at radius 2 is 2.14 bits per heavy atom. The van der Waals surface area contributed by atoms with Crippen LogP contribution in [0.4, 0.5) is 18.9 Å². The first kappa shape index (κ1) is 15.1. The van der Waals surface area contributed by atoms with Crippen molar-refractivity contribution in [2.45, 2.75) is 25.5 Å². The number of nitrogens with zero attached hydrogens (tertiary/aromatic N) is 4. The first-order chi connectivity index (χ1) is 9.86. The normalized spacial score (nSPS) is 19.6. The van der Waals surface area contributed by atoms with Gasteiger partial charge in [-0.25, -0.2) is 13.2 Å². The highest BCUT2D eigenvalue weighted by Crippen LogP contribution is 2.37. The lowest BCUT2D eigenvalue weighted by Crippen LogP contribution is -2.34. The van der Waals surface area contributed by atoms with Crippen LogP contribution < -0.4 is 0 Å². The maximum atomic E-state index is 14.2. The Labute approximate surface area is 117 Å². The lowest BCUT2D eigenvalue weighted by atomic mass is 9.96. The Morgan fingerprint density at radius 3 is 2.67 bits per heavy atom. The second-order valence-electron chi connectivity index (χ2n) is 4.68. The smallest absolute Gasteiger partial charge is 0.225 e. The third-order valence-corrected chi connectivity index (χ3v) is 3.34. The average Bonchev–Trinajstić information content (AvgIpc) is 2.76. The van der Waals surface area contributed by atoms with Crippen molar-refractivity contribution >= 4 is 11.6 Å². The van der Waals surface area contributed by atoms with E-state index in [0.717, 1.165) is 4.90 Å². The molecule has 0 aliphatic carbocycles. The minimum absolute atomic E-state index is 0.105. The van der Waals surface area contributed by atoms with Crippen LogP contribution in [-0.2, 0) is 4.79 Å². The first-order valence-corrected chi connectivity index (χ1v) is 6.06. The van der Waals surface area contributed by atoms with Crippen LogP contribution in [0.15, 0.2) is 11.2 Å². The fraction of sp³-hybridized carbons (Fsp3) is 0.417. The quantitative estimate of drug-likeness (QED) is 0.528. The van der Waals surface area contributed by atoms with Crippen molar-refractivity contribution in [1.82, 2.24) is 4.90 Å². The minimum atomic E-state index is -1.32. The highest BCUT2D eigenvalue weighted by Gasteiger charge is 2.36. The van der Waals surface area contributed by atoms with E-state index >= 15 is 0 Å². The Bertz CT molecular complexity index is 644. The van der Waals surface area contributed by atoms with Crippen LogP contribution in [0.2, 0.25) is 0 Å². The molecule has 2 atom stereocenters. The van der Waals surface area contributed by atoms with Gasteiger partial charge in [0, 0.05) is 35.4 Å². The van der Waals surface area contributed by atoms with Crippen LogP contribution in [0.25, 0.3) is 10.4 Å². The highest BCUT2D eigenvalue weighted by atomic mass is 19.1. The maximum Gasteiger partial charge on any atom is 0.225 e. The van der Waals surface area contributed by atoms with Gasteiger partial charge in [0.15, 0.2) is 0 Å². The standard InChI is InChI=1S/C12H11F3N4O2/c1-5(20)19-4-6(2-9(19)21)10-7(13)3-8(14)12(11(10)15)17-18-16/h3,5-6,20H,2,4H2,1H3. The molecule has 1 fully saturated rings. The van der Waals surface area contributed by atoms with Gasteiger partial charge in [-0.2, -0.15) is 0 Å². The van der Waals surface area contributed by atoms with Crippen molar-refractivity contribution in [3.05, 3.63) is 39.5 Å². The number of aliphatic hydroxyl groups excluding tert-OH is 1. The molecule has 1 saturated heterocycles. The fourth-order valence-corrected chi connectivity index (χ4v) is 2.39. The molecule has 0 spiro atoms. The summed E-state index contributed by atoms with van der Waals surface area (Å²) in [6, 6.07) is 0.415. The van der Waals surface area contributed by atoms with Crippen LogP contribution in [-0.4, -0.2) is 28.7 Å². The number of carbonyl (C=O) groups excluding carboxylic acids is 1. The van der Waals surface area contributed by atoms with Crippen molar-refractivity contribution in [1.29, 1.82) is 0 Å². The van der Waals surface area contributed by atoms with E-state index in [1.54, 1.807) is 0 Å². The number of aliphatic hydroxyl groups is 1. The van der Waals surface area contributed by atoms with Gasteiger partial charge in [0.05, 0.1) is 0 Å². The Hall–Kier alpha value is -2.25. The highest BCUT2D eigenvalue weighted by molar-refractivity contribution is 5.80. The largest absolute Gasteiger partial charge is 0.374 e. The van der Waals surface area contributed by atoms with Crippen LogP contribution in [0, 0.1) is 17.5 Å². The molecule has 0 aromatic heterocycles. The summed E-state index contributed by atoms with van der Waals surface area (Å²) in [6.07, 6.45) is -1.31. The van der Waals surface area contributed by atoms with Crippen LogP contribution in [0.1, 0.15) is 24.8 Å². The van der Waals surface area contributed by atoms with Gasteiger partial charge < -0.3 is 10.0 Å². The zero-order valence-electron chi connectivity index (χ0n) is 10.9. The molecule has 6 nitrogen and oxygen atoms in total. The minimum Gasteiger partial charge on any atom is -0.374 e. The van der Waals surface area contributed by atoms with Crippen molar-refractivity contribution in [3.63, 3.8) is 0 Å². The van der Waals surface area contributed by atoms with E-state index in [2.05, 4.69) is 10.0 Å². The molecular formula is C12H11F3N4O2. The van der Waals surface area contributed by atoms with Gasteiger partial charge >= 0.3 is 0 Å². The molecule has 0 radical (unpaired) electrons. The molecule has 112 valence electrons. The van der Waals surface area contributed by atoms with Crippen LogP contribution in [0.3, 0.4) is 0 Å². The first-order valence-electron chi connectivity index (χ1n) is 6.06. The van der Waals surface area contributed by atoms with Crippen LogP contribution in [0.5, 0.6) is 0 Å². The number of halogens is 3. The number of hydrogen-bond acceptors (Lipinski definition) is 3. The summed E-state index contributed by atoms with van der Waals surface area (Å²) in [7, 11) is 0. The molecule has 1 heterocycles. The zero-order valence-corrected chi connectivity index (χ0v) is 10.9. The average molecular weight is 300 g/mol. The number of rotatable bonds is 3. The number of hydrogen-bond donors (Lipinski definition) is 1. The molecule has 1 aromatic rings. The summed E-state index contributed by atoms with van der Waals surface area (Å²) in [5.74, 6) is -5.16. The maximum absolute atomic E-state index is 14.2. The fourth-order valence-electron chi connectivity index (χ4n) is 2.39. The Kier molecular flexibility index (Phi) is 4.06. The topological polar surface area (TPSA) is 89.3 Å². The molecular weight excluding hydrogens is 289 g/mol. The number of amides is 1. The predicted molar refractivity (Wildman–Crippen MR) is 65.9 cm³/mol. The van der Waals surface area contributed by atoms with E-state index in [1.165, 1.54) is 6.92 Å². The van der Waals surface area contributed by atoms with Gasteiger partial charge in [-0.1, -0.05) is 5.11 Å². The molecule has 2 rings (SSSR count). The lowest BCUT2D eigenvalue weighted by Gasteiger charge is -2.20. The van der Waals surface area contributed by atoms with Crippen molar-refractivity contribution in [2.75, 3.05) is 6.54 Å². The van der Waals surface area contributed by atoms with Gasteiger partial charge in [0.1, 0.15) is 29.4 Å². The summed E-state index contributed by atoms with van der Waals surface area (Å²) >= 11 is 0. The monoisotopic (exact) mass is 300 g/mol. The summed E-state index contributed by atoms with van der Waals surface area (Å²) in [4.78, 5) is 15.0. The van der Waals surface area contributed by atoms with E-state index in [9.17, 15) is 23.1 Å². The third kappa shape index (κ3) is 2.65. The molecule has 1 aliphatic rings. The second kappa shape index (κ2) is 5.63. The second-order valence-corrected chi connectivity index (χ2v) is 4.68. The molecule has 9 heteroatoms. The molecule has 21 heavy (non-hydrogen) atoms. The van der Waals surface area contributed by atoms with Crippen LogP contribution >= 0.6 is 0 Å². The van der Waals surface area contributed by atoms with E-state index in [-0.39, 0.29) is 13.0 Å². The predicted octanol–water partition coefficient (Wildman–Crippen LogP) is 2.70. The summed E-state index contributed by atoms with van der Waals surface area (Å²) in [5, 5.41) is 12.3. The lowest BCUT2D eigenvalue weighted by molar-refractivity contribution is -0.135. The molecule has 0 bridgehead atoms. The molecule has 1 aromatic carbocycles. The summed E-state index contributed by atoms with van der Waals surface area (Å²) in [6.45, 7) is 1.24. The molecule has 0 saturated carbocycles. The number of likely N-dealkylation sites (tertiary alicyclic amines) is 1.